The second kappa shape index (κ2) is 5.09. The molecule has 0 bridgehead atoms. The van der Waals surface area contributed by atoms with E-state index in [-0.39, 0.29) is 24.0 Å². The monoisotopic (exact) mass is 267 g/mol. The molecule has 102 valence electrons. The molecule has 1 amide bonds. The van der Waals surface area contributed by atoms with Gasteiger partial charge in [-0.15, -0.1) is 0 Å². The average Bonchev–Trinajstić information content (AvgIpc) is 2.95. The minimum atomic E-state index is -0.956. The molecule has 1 unspecified atom stereocenters. The van der Waals surface area contributed by atoms with Crippen LogP contribution in [0.1, 0.15) is 29.8 Å². The van der Waals surface area contributed by atoms with Crippen molar-refractivity contribution < 1.29 is 19.6 Å². The van der Waals surface area contributed by atoms with E-state index in [2.05, 4.69) is 4.98 Å². The molecule has 2 N–H and O–H groups in total. The first-order valence-corrected chi connectivity index (χ1v) is 5.85. The Kier molecular flexibility index (Phi) is 3.50. The van der Waals surface area contributed by atoms with Gasteiger partial charge in [0, 0.05) is 18.7 Å². The van der Waals surface area contributed by atoms with Gasteiger partial charge in [0.05, 0.1) is 6.42 Å². The van der Waals surface area contributed by atoms with Crippen LogP contribution in [0.4, 0.5) is 5.82 Å². The van der Waals surface area contributed by atoms with Crippen molar-refractivity contribution >= 4 is 17.7 Å². The lowest BCUT2D eigenvalue weighted by Gasteiger charge is -2.21. The molecule has 0 spiro atoms. The van der Waals surface area contributed by atoms with Crippen molar-refractivity contribution in [1.29, 1.82) is 0 Å². The van der Waals surface area contributed by atoms with E-state index in [0.29, 0.717) is 13.0 Å². The Morgan fingerprint density at radius 2 is 2.26 bits per heavy atom. The molecule has 1 aromatic heterocycles. The molecule has 1 aromatic rings. The highest BCUT2D eigenvalue weighted by Gasteiger charge is 2.32. The van der Waals surface area contributed by atoms with Crippen LogP contribution < -0.4 is 0 Å². The molecular formula is C11H13N3O5. The fraction of sp³-hybridized carbons (Fsp3) is 0.455. The Morgan fingerprint density at radius 3 is 2.84 bits per heavy atom. The van der Waals surface area contributed by atoms with Gasteiger partial charge >= 0.3 is 11.8 Å². The van der Waals surface area contributed by atoms with E-state index in [1.54, 1.807) is 0 Å². The van der Waals surface area contributed by atoms with Gasteiger partial charge in [0.2, 0.25) is 0 Å². The maximum atomic E-state index is 12.2. The van der Waals surface area contributed by atoms with Crippen LogP contribution >= 0.6 is 0 Å². The maximum Gasteiger partial charge on any atom is 0.321 e. The number of aliphatic carboxylic acids is 1. The zero-order valence-corrected chi connectivity index (χ0v) is 10.0. The van der Waals surface area contributed by atoms with Crippen LogP contribution in [0.15, 0.2) is 12.1 Å². The van der Waals surface area contributed by atoms with E-state index in [0.717, 1.165) is 6.42 Å². The number of carboxylic acid groups (broad SMARTS) is 1. The number of nitrogens with one attached hydrogen (secondary N) is 1. The number of carbonyl (C=O) groups is 2. The fourth-order valence-electron chi connectivity index (χ4n) is 2.29. The summed E-state index contributed by atoms with van der Waals surface area (Å²) in [5.74, 6) is -1.60. The minimum absolute atomic E-state index is 0.103. The summed E-state index contributed by atoms with van der Waals surface area (Å²) >= 11 is 0. The molecule has 2 rings (SSSR count). The number of carbonyl (C=O) groups excluding carboxylic acids is 1. The molecule has 0 saturated carbocycles. The predicted octanol–water partition coefficient (Wildman–Crippen LogP) is 1.00. The van der Waals surface area contributed by atoms with Crippen molar-refractivity contribution in [2.24, 2.45) is 0 Å². The standard InChI is InChI=1S/C11H13N3O5/c15-10(16)6-7-2-1-5-13(7)11(17)8-3-4-9(12-8)14(18)19/h3-4,7,12H,1-2,5-6H2,(H,15,16). The van der Waals surface area contributed by atoms with Crippen molar-refractivity contribution in [3.63, 3.8) is 0 Å². The number of aromatic nitrogens is 1. The number of carboxylic acids is 1. The highest BCUT2D eigenvalue weighted by molar-refractivity contribution is 5.93. The fourth-order valence-corrected chi connectivity index (χ4v) is 2.29. The van der Waals surface area contributed by atoms with Crippen molar-refractivity contribution in [1.82, 2.24) is 9.88 Å². The van der Waals surface area contributed by atoms with E-state index in [1.165, 1.54) is 17.0 Å². The lowest BCUT2D eigenvalue weighted by atomic mass is 10.1. The summed E-state index contributed by atoms with van der Waals surface area (Å²) in [6.45, 7) is 0.476. The van der Waals surface area contributed by atoms with Crippen molar-refractivity contribution in [3.8, 4) is 0 Å². The minimum Gasteiger partial charge on any atom is -0.481 e. The molecule has 19 heavy (non-hydrogen) atoms. The lowest BCUT2D eigenvalue weighted by molar-refractivity contribution is -0.389. The summed E-state index contributed by atoms with van der Waals surface area (Å²) in [6, 6.07) is 2.22. The molecule has 8 nitrogen and oxygen atoms in total. The molecule has 2 heterocycles. The third kappa shape index (κ3) is 2.72. The molecule has 1 aliphatic heterocycles. The molecule has 1 fully saturated rings. The van der Waals surface area contributed by atoms with Crippen LogP contribution in [0.3, 0.4) is 0 Å². The van der Waals surface area contributed by atoms with Crippen molar-refractivity contribution in [2.75, 3.05) is 6.54 Å². The molecule has 1 saturated heterocycles. The first kappa shape index (κ1) is 13.1. The number of nitrogens with zero attached hydrogens (tertiary/aromatic N) is 2. The summed E-state index contributed by atoms with van der Waals surface area (Å²) in [6.07, 6.45) is 1.28. The normalized spacial score (nSPS) is 18.5. The summed E-state index contributed by atoms with van der Waals surface area (Å²) in [7, 11) is 0. The Bertz CT molecular complexity index is 524. The number of aromatic amines is 1. The zero-order valence-electron chi connectivity index (χ0n) is 10.0. The number of hydrogen-bond acceptors (Lipinski definition) is 4. The molecule has 0 aromatic carbocycles. The zero-order chi connectivity index (χ0) is 14.0. The number of nitro groups is 1. The van der Waals surface area contributed by atoms with Gasteiger partial charge in [-0.3, -0.25) is 9.59 Å². The SMILES string of the molecule is O=C(O)CC1CCCN1C(=O)c1ccc([N+](=O)[O-])[nH]1. The molecule has 0 radical (unpaired) electrons. The quantitative estimate of drug-likeness (QED) is 0.623. The van der Waals surface area contributed by atoms with Gasteiger partial charge in [-0.05, 0) is 23.8 Å². The summed E-state index contributed by atoms with van der Waals surface area (Å²) in [5, 5.41) is 19.3. The highest BCUT2D eigenvalue weighted by Crippen LogP contribution is 2.23. The van der Waals surface area contributed by atoms with Gasteiger partial charge in [-0.1, -0.05) is 0 Å². The second-order valence-corrected chi connectivity index (χ2v) is 4.41. The second-order valence-electron chi connectivity index (χ2n) is 4.41. The number of hydrogen-bond donors (Lipinski definition) is 2. The van der Waals surface area contributed by atoms with Crippen LogP contribution in [0.25, 0.3) is 0 Å². The van der Waals surface area contributed by atoms with Crippen LogP contribution in [0.5, 0.6) is 0 Å². The lowest BCUT2D eigenvalue weighted by Crippen LogP contribution is -2.37. The largest absolute Gasteiger partial charge is 0.481 e. The van der Waals surface area contributed by atoms with Gasteiger partial charge in [0.25, 0.3) is 5.91 Å². The van der Waals surface area contributed by atoms with E-state index in [4.69, 9.17) is 5.11 Å². The number of amides is 1. The Morgan fingerprint density at radius 1 is 1.53 bits per heavy atom. The van der Waals surface area contributed by atoms with Gasteiger partial charge in [0.1, 0.15) is 0 Å². The Hall–Kier alpha value is -2.38. The van der Waals surface area contributed by atoms with Crippen molar-refractivity contribution in [2.45, 2.75) is 25.3 Å². The Labute approximate surface area is 108 Å². The number of likely N-dealkylation sites (tertiary alicyclic amines) is 1. The van der Waals surface area contributed by atoms with Crippen LogP contribution in [-0.2, 0) is 4.79 Å². The van der Waals surface area contributed by atoms with E-state index in [1.807, 2.05) is 0 Å². The smallest absolute Gasteiger partial charge is 0.321 e. The average molecular weight is 267 g/mol. The first-order chi connectivity index (χ1) is 8.99. The van der Waals surface area contributed by atoms with E-state index in [9.17, 15) is 19.7 Å². The van der Waals surface area contributed by atoms with E-state index >= 15 is 0 Å². The van der Waals surface area contributed by atoms with Gasteiger partial charge in [0.15, 0.2) is 5.69 Å². The topological polar surface area (TPSA) is 117 Å². The van der Waals surface area contributed by atoms with Crippen LogP contribution in [0.2, 0.25) is 0 Å². The number of H-pyrrole nitrogens is 1. The summed E-state index contributed by atoms with van der Waals surface area (Å²) in [4.78, 5) is 36.7. The molecule has 8 heteroatoms. The molecule has 0 aliphatic carbocycles. The molecule has 1 aliphatic rings. The summed E-state index contributed by atoms with van der Waals surface area (Å²) in [5.41, 5.74) is 0.115. The predicted molar refractivity (Wildman–Crippen MR) is 63.8 cm³/mol. The first-order valence-electron chi connectivity index (χ1n) is 5.85. The highest BCUT2D eigenvalue weighted by atomic mass is 16.6. The van der Waals surface area contributed by atoms with Gasteiger partial charge < -0.3 is 20.1 Å². The summed E-state index contributed by atoms with van der Waals surface area (Å²) < 4.78 is 0. The van der Waals surface area contributed by atoms with Crippen LogP contribution in [-0.4, -0.2) is 44.4 Å². The van der Waals surface area contributed by atoms with Crippen molar-refractivity contribution in [3.05, 3.63) is 27.9 Å². The molecular weight excluding hydrogens is 254 g/mol. The number of rotatable bonds is 4. The molecule has 1 atom stereocenters. The Balaban J connectivity index is 2.13. The van der Waals surface area contributed by atoms with Crippen LogP contribution in [0, 0.1) is 10.1 Å². The maximum absolute atomic E-state index is 12.2. The van der Waals surface area contributed by atoms with Gasteiger partial charge in [-0.2, -0.15) is 0 Å². The van der Waals surface area contributed by atoms with E-state index < -0.39 is 16.8 Å². The third-order valence-corrected chi connectivity index (χ3v) is 3.15. The van der Waals surface area contributed by atoms with Gasteiger partial charge in [-0.25, -0.2) is 4.98 Å². The third-order valence-electron chi connectivity index (χ3n) is 3.15.